The second-order valence-corrected chi connectivity index (χ2v) is 4.30. The highest BCUT2D eigenvalue weighted by atomic mass is 16.7. The lowest BCUT2D eigenvalue weighted by molar-refractivity contribution is 0.174. The van der Waals surface area contributed by atoms with Crippen LogP contribution >= 0.6 is 0 Å². The number of aromatic hydroxyl groups is 1. The Labute approximate surface area is 110 Å². The van der Waals surface area contributed by atoms with E-state index in [-0.39, 0.29) is 5.75 Å². The third kappa shape index (κ3) is 2.77. The Kier molecular flexibility index (Phi) is 3.20. The fraction of sp³-hybridized carbons (Fsp3) is 0.214. The van der Waals surface area contributed by atoms with Gasteiger partial charge in [-0.2, -0.15) is 0 Å². The van der Waals surface area contributed by atoms with Crippen LogP contribution in [0.3, 0.4) is 0 Å². The number of rotatable bonds is 4. The van der Waals surface area contributed by atoms with Gasteiger partial charge in [0, 0.05) is 13.1 Å². The Balaban J connectivity index is 1.56. The number of benzene rings is 1. The van der Waals surface area contributed by atoms with Gasteiger partial charge in [-0.1, -0.05) is 6.07 Å². The summed E-state index contributed by atoms with van der Waals surface area (Å²) in [7, 11) is 0. The minimum Gasteiger partial charge on any atom is -0.506 e. The summed E-state index contributed by atoms with van der Waals surface area (Å²) in [6.07, 6.45) is 1.44. The Morgan fingerprint density at radius 2 is 2.00 bits per heavy atom. The minimum absolute atomic E-state index is 0.180. The minimum atomic E-state index is 0.180. The lowest BCUT2D eigenvalue weighted by atomic mass is 10.2. The average molecular weight is 258 g/mol. The van der Waals surface area contributed by atoms with E-state index in [1.165, 1.54) is 6.20 Å². The first-order valence-corrected chi connectivity index (χ1v) is 6.04. The third-order valence-corrected chi connectivity index (χ3v) is 2.88. The molecule has 2 heterocycles. The first kappa shape index (κ1) is 11.8. The summed E-state index contributed by atoms with van der Waals surface area (Å²) in [5, 5.41) is 12.4. The van der Waals surface area contributed by atoms with E-state index < -0.39 is 0 Å². The number of hydrogen-bond donors (Lipinski definition) is 2. The highest BCUT2D eigenvalue weighted by Crippen LogP contribution is 2.32. The van der Waals surface area contributed by atoms with E-state index in [1.807, 2.05) is 18.2 Å². The summed E-state index contributed by atoms with van der Waals surface area (Å²) < 4.78 is 10.6. The highest BCUT2D eigenvalue weighted by molar-refractivity contribution is 5.44. The summed E-state index contributed by atoms with van der Waals surface area (Å²) in [4.78, 5) is 4.11. The predicted molar refractivity (Wildman–Crippen MR) is 69.0 cm³/mol. The standard InChI is InChI=1S/C14H14N2O3/c17-12-3-2-11(16-8-12)7-15-6-10-1-4-13-14(5-10)19-9-18-13/h1-5,8,15,17H,6-7,9H2. The number of aromatic nitrogens is 1. The number of nitrogens with zero attached hydrogens (tertiary/aromatic N) is 1. The van der Waals surface area contributed by atoms with Gasteiger partial charge in [0.25, 0.3) is 0 Å². The van der Waals surface area contributed by atoms with Gasteiger partial charge in [-0.25, -0.2) is 0 Å². The molecular formula is C14H14N2O3. The molecule has 2 aromatic rings. The van der Waals surface area contributed by atoms with Crippen molar-refractivity contribution in [3.63, 3.8) is 0 Å². The Hall–Kier alpha value is -2.27. The quantitative estimate of drug-likeness (QED) is 0.875. The smallest absolute Gasteiger partial charge is 0.231 e. The van der Waals surface area contributed by atoms with Crippen LogP contribution in [0.5, 0.6) is 17.2 Å². The van der Waals surface area contributed by atoms with Gasteiger partial charge in [0.15, 0.2) is 11.5 Å². The number of pyridine rings is 1. The van der Waals surface area contributed by atoms with Gasteiger partial charge in [-0.15, -0.1) is 0 Å². The summed E-state index contributed by atoms with van der Waals surface area (Å²) in [5.41, 5.74) is 2.02. The lowest BCUT2D eigenvalue weighted by Crippen LogP contribution is -2.13. The molecule has 2 N–H and O–H groups in total. The number of nitrogens with one attached hydrogen (secondary N) is 1. The Morgan fingerprint density at radius 3 is 2.84 bits per heavy atom. The molecule has 0 atom stereocenters. The molecule has 98 valence electrons. The van der Waals surface area contributed by atoms with Crippen LogP contribution in [0.4, 0.5) is 0 Å². The maximum Gasteiger partial charge on any atom is 0.231 e. The van der Waals surface area contributed by atoms with Crippen molar-refractivity contribution < 1.29 is 14.6 Å². The van der Waals surface area contributed by atoms with E-state index in [0.717, 1.165) is 29.3 Å². The molecule has 0 saturated carbocycles. The van der Waals surface area contributed by atoms with Crippen LogP contribution < -0.4 is 14.8 Å². The summed E-state index contributed by atoms with van der Waals surface area (Å²) >= 11 is 0. The Bertz CT molecular complexity index is 569. The maximum atomic E-state index is 9.14. The second-order valence-electron chi connectivity index (χ2n) is 4.30. The van der Waals surface area contributed by atoms with Crippen molar-refractivity contribution in [1.82, 2.24) is 10.3 Å². The van der Waals surface area contributed by atoms with E-state index in [2.05, 4.69) is 10.3 Å². The largest absolute Gasteiger partial charge is 0.506 e. The van der Waals surface area contributed by atoms with Gasteiger partial charge in [0.05, 0.1) is 11.9 Å². The molecule has 0 unspecified atom stereocenters. The molecule has 0 fully saturated rings. The zero-order chi connectivity index (χ0) is 13.1. The molecule has 5 nitrogen and oxygen atoms in total. The predicted octanol–water partition coefficient (Wildman–Crippen LogP) is 1.81. The average Bonchev–Trinajstić information content (AvgIpc) is 2.88. The van der Waals surface area contributed by atoms with Gasteiger partial charge in [-0.3, -0.25) is 4.98 Å². The molecule has 0 bridgehead atoms. The zero-order valence-corrected chi connectivity index (χ0v) is 10.3. The van der Waals surface area contributed by atoms with Crippen molar-refractivity contribution in [3.8, 4) is 17.2 Å². The van der Waals surface area contributed by atoms with E-state index in [9.17, 15) is 0 Å². The van der Waals surface area contributed by atoms with E-state index in [0.29, 0.717) is 13.3 Å². The molecule has 5 heteroatoms. The van der Waals surface area contributed by atoms with Crippen LogP contribution in [0, 0.1) is 0 Å². The van der Waals surface area contributed by atoms with Gasteiger partial charge in [0.1, 0.15) is 5.75 Å². The van der Waals surface area contributed by atoms with E-state index in [4.69, 9.17) is 14.6 Å². The number of fused-ring (bicyclic) bond motifs is 1. The molecule has 0 spiro atoms. The normalized spacial score (nSPS) is 12.6. The molecule has 0 saturated heterocycles. The molecule has 0 radical (unpaired) electrons. The number of hydrogen-bond acceptors (Lipinski definition) is 5. The van der Waals surface area contributed by atoms with Crippen LogP contribution in [-0.4, -0.2) is 16.9 Å². The molecule has 1 aliphatic heterocycles. The van der Waals surface area contributed by atoms with Gasteiger partial charge in [0.2, 0.25) is 6.79 Å². The SMILES string of the molecule is Oc1ccc(CNCc2ccc3c(c2)OCO3)nc1. The van der Waals surface area contributed by atoms with Crippen molar-refractivity contribution >= 4 is 0 Å². The van der Waals surface area contributed by atoms with Crippen molar-refractivity contribution in [2.24, 2.45) is 0 Å². The summed E-state index contributed by atoms with van der Waals surface area (Å²) in [6, 6.07) is 9.31. The van der Waals surface area contributed by atoms with Crippen molar-refractivity contribution in [2.45, 2.75) is 13.1 Å². The molecule has 1 aromatic heterocycles. The molecule has 0 aliphatic carbocycles. The lowest BCUT2D eigenvalue weighted by Gasteiger charge is -2.05. The fourth-order valence-corrected chi connectivity index (χ4v) is 1.91. The third-order valence-electron chi connectivity index (χ3n) is 2.88. The van der Waals surface area contributed by atoms with Gasteiger partial charge in [-0.05, 0) is 29.8 Å². The van der Waals surface area contributed by atoms with E-state index in [1.54, 1.807) is 12.1 Å². The molecule has 19 heavy (non-hydrogen) atoms. The number of ether oxygens (including phenoxy) is 2. The van der Waals surface area contributed by atoms with Crippen LogP contribution in [0.1, 0.15) is 11.3 Å². The van der Waals surface area contributed by atoms with Gasteiger partial charge < -0.3 is 19.9 Å². The van der Waals surface area contributed by atoms with Crippen LogP contribution in [0.15, 0.2) is 36.5 Å². The molecule has 0 amide bonds. The molecule has 3 rings (SSSR count). The van der Waals surface area contributed by atoms with Crippen LogP contribution in [0.2, 0.25) is 0 Å². The highest BCUT2D eigenvalue weighted by Gasteiger charge is 2.12. The Morgan fingerprint density at radius 1 is 1.11 bits per heavy atom. The van der Waals surface area contributed by atoms with Crippen molar-refractivity contribution in [2.75, 3.05) is 6.79 Å². The topological polar surface area (TPSA) is 63.6 Å². The molecule has 1 aromatic carbocycles. The van der Waals surface area contributed by atoms with Crippen molar-refractivity contribution in [1.29, 1.82) is 0 Å². The molecule has 1 aliphatic rings. The summed E-state index contributed by atoms with van der Waals surface area (Å²) in [6.45, 7) is 1.66. The monoisotopic (exact) mass is 258 g/mol. The first-order chi connectivity index (χ1) is 9.31. The van der Waals surface area contributed by atoms with Crippen LogP contribution in [0.25, 0.3) is 0 Å². The van der Waals surface area contributed by atoms with E-state index >= 15 is 0 Å². The molecular weight excluding hydrogens is 244 g/mol. The second kappa shape index (κ2) is 5.16. The van der Waals surface area contributed by atoms with Crippen LogP contribution in [-0.2, 0) is 13.1 Å². The summed E-state index contributed by atoms with van der Waals surface area (Å²) in [5.74, 6) is 1.77. The van der Waals surface area contributed by atoms with Crippen molar-refractivity contribution in [3.05, 3.63) is 47.8 Å². The van der Waals surface area contributed by atoms with Gasteiger partial charge >= 0.3 is 0 Å². The maximum absolute atomic E-state index is 9.14. The fourth-order valence-electron chi connectivity index (χ4n) is 1.91. The first-order valence-electron chi connectivity index (χ1n) is 6.04. The zero-order valence-electron chi connectivity index (χ0n) is 10.3.